The zero-order valence-corrected chi connectivity index (χ0v) is 24.5. The SMILES string of the molecule is CN1CCC[C@H]1COc1nc2c(c(N3CC4CCC(C3)N4C(=O)OC(C)(C)C)n1)CCN(Cc1ccccc1)C2. The van der Waals surface area contributed by atoms with Crippen LogP contribution in [0.5, 0.6) is 6.01 Å². The van der Waals surface area contributed by atoms with E-state index in [1.165, 1.54) is 17.5 Å². The molecule has 4 aliphatic rings. The fourth-order valence-corrected chi connectivity index (χ4v) is 6.79. The smallest absolute Gasteiger partial charge is 0.410 e. The van der Waals surface area contributed by atoms with E-state index < -0.39 is 5.60 Å². The van der Waals surface area contributed by atoms with Gasteiger partial charge in [-0.1, -0.05) is 30.3 Å². The maximum absolute atomic E-state index is 13.1. The van der Waals surface area contributed by atoms with Crippen LogP contribution in [0.3, 0.4) is 0 Å². The summed E-state index contributed by atoms with van der Waals surface area (Å²) in [6, 6.07) is 11.8. The van der Waals surface area contributed by atoms with Crippen molar-refractivity contribution in [1.29, 1.82) is 0 Å². The van der Waals surface area contributed by atoms with Crippen molar-refractivity contribution in [3.05, 3.63) is 47.2 Å². The summed E-state index contributed by atoms with van der Waals surface area (Å²) >= 11 is 0. The molecule has 3 saturated heterocycles. The maximum Gasteiger partial charge on any atom is 0.410 e. The number of ether oxygens (including phenoxy) is 2. The molecule has 1 aromatic carbocycles. The topological polar surface area (TPSA) is 74.3 Å². The molecule has 2 bridgehead atoms. The van der Waals surface area contributed by atoms with Gasteiger partial charge >= 0.3 is 12.1 Å². The van der Waals surface area contributed by atoms with Crippen LogP contribution in [-0.2, 0) is 24.2 Å². The molecular formula is C31H44N6O3. The van der Waals surface area contributed by atoms with Crippen molar-refractivity contribution in [2.45, 2.75) is 89.7 Å². The van der Waals surface area contributed by atoms with E-state index in [0.29, 0.717) is 18.7 Å². The summed E-state index contributed by atoms with van der Waals surface area (Å²) in [7, 11) is 2.17. The normalized spacial score (nSPS) is 25.2. The lowest BCUT2D eigenvalue weighted by atomic mass is 10.0. The number of piperazine rings is 1. The average Bonchev–Trinajstić information content (AvgIpc) is 3.45. The van der Waals surface area contributed by atoms with E-state index in [4.69, 9.17) is 19.4 Å². The van der Waals surface area contributed by atoms with Gasteiger partial charge in [0.1, 0.15) is 18.0 Å². The number of likely N-dealkylation sites (tertiary alicyclic amines) is 1. The summed E-state index contributed by atoms with van der Waals surface area (Å²) in [5.74, 6) is 1.000. The zero-order valence-electron chi connectivity index (χ0n) is 24.5. The van der Waals surface area contributed by atoms with E-state index in [9.17, 15) is 4.79 Å². The standard InChI is InChI=1S/C31H44N6O3/c1-31(2,3)40-30(38)37-23-12-13-24(37)19-36(18-23)28-26-14-16-35(17-22-9-6-5-7-10-22)20-27(26)32-29(33-28)39-21-25-11-8-15-34(25)4/h5-7,9-10,23-25H,8,11-21H2,1-4H3/t23?,24?,25-/m0/s1. The average molecular weight is 549 g/mol. The van der Waals surface area contributed by atoms with E-state index in [1.54, 1.807) is 0 Å². The van der Waals surface area contributed by atoms with Crippen LogP contribution < -0.4 is 9.64 Å². The fraction of sp³-hybridized carbons (Fsp3) is 0.645. The minimum absolute atomic E-state index is 0.133. The van der Waals surface area contributed by atoms with Crippen molar-refractivity contribution in [2.75, 3.05) is 44.7 Å². The summed E-state index contributed by atoms with van der Waals surface area (Å²) in [5.41, 5.74) is 3.13. The third-order valence-electron chi connectivity index (χ3n) is 8.81. The minimum atomic E-state index is -0.495. The first-order valence-corrected chi connectivity index (χ1v) is 15.0. The van der Waals surface area contributed by atoms with Crippen LogP contribution in [0, 0.1) is 0 Å². The molecule has 40 heavy (non-hydrogen) atoms. The highest BCUT2D eigenvalue weighted by molar-refractivity contribution is 5.70. The van der Waals surface area contributed by atoms with Gasteiger partial charge in [0.25, 0.3) is 0 Å². The van der Waals surface area contributed by atoms with Gasteiger partial charge in [-0.05, 0) is 72.0 Å². The number of benzene rings is 1. The Hall–Kier alpha value is -2.91. The van der Waals surface area contributed by atoms with Crippen molar-refractivity contribution in [1.82, 2.24) is 24.7 Å². The largest absolute Gasteiger partial charge is 0.462 e. The molecule has 5 heterocycles. The van der Waals surface area contributed by atoms with Crippen LogP contribution in [0.4, 0.5) is 10.6 Å². The summed E-state index contributed by atoms with van der Waals surface area (Å²) in [6.45, 7) is 11.7. The summed E-state index contributed by atoms with van der Waals surface area (Å²) in [4.78, 5) is 32.3. The molecule has 1 aromatic heterocycles. The molecule has 216 valence electrons. The van der Waals surface area contributed by atoms with Crippen molar-refractivity contribution in [2.24, 2.45) is 0 Å². The Morgan fingerprint density at radius 1 is 1.02 bits per heavy atom. The molecule has 9 nitrogen and oxygen atoms in total. The predicted molar refractivity (Wildman–Crippen MR) is 155 cm³/mol. The molecule has 0 radical (unpaired) electrons. The number of rotatable bonds is 6. The number of hydrogen-bond donors (Lipinski definition) is 0. The number of nitrogens with zero attached hydrogens (tertiary/aromatic N) is 6. The van der Waals surface area contributed by atoms with Crippen LogP contribution in [0.25, 0.3) is 0 Å². The summed E-state index contributed by atoms with van der Waals surface area (Å²) in [5, 5.41) is 0. The Morgan fingerprint density at radius 3 is 2.45 bits per heavy atom. The fourth-order valence-electron chi connectivity index (χ4n) is 6.79. The first kappa shape index (κ1) is 27.3. The number of anilines is 1. The van der Waals surface area contributed by atoms with Gasteiger partial charge in [0, 0.05) is 44.3 Å². The third kappa shape index (κ3) is 5.91. The molecular weight excluding hydrogens is 504 g/mol. The monoisotopic (exact) mass is 548 g/mol. The molecule has 4 aliphatic heterocycles. The molecule has 1 amide bonds. The highest BCUT2D eigenvalue weighted by Gasteiger charge is 2.45. The lowest BCUT2D eigenvalue weighted by molar-refractivity contribution is 0.0122. The van der Waals surface area contributed by atoms with Crippen LogP contribution >= 0.6 is 0 Å². The molecule has 0 aliphatic carbocycles. The predicted octanol–water partition coefficient (Wildman–Crippen LogP) is 4.10. The highest BCUT2D eigenvalue weighted by atomic mass is 16.6. The molecule has 2 unspecified atom stereocenters. The molecule has 6 rings (SSSR count). The highest BCUT2D eigenvalue weighted by Crippen LogP contribution is 2.37. The van der Waals surface area contributed by atoms with Crippen molar-refractivity contribution >= 4 is 11.9 Å². The zero-order chi connectivity index (χ0) is 27.9. The Kier molecular flexibility index (Phi) is 7.61. The van der Waals surface area contributed by atoms with Crippen LogP contribution in [0.2, 0.25) is 0 Å². The quantitative estimate of drug-likeness (QED) is 0.535. The van der Waals surface area contributed by atoms with Crippen molar-refractivity contribution < 1.29 is 14.3 Å². The maximum atomic E-state index is 13.1. The Morgan fingerprint density at radius 2 is 1.77 bits per heavy atom. The molecule has 0 saturated carbocycles. The van der Waals surface area contributed by atoms with E-state index in [1.807, 2.05) is 25.7 Å². The minimum Gasteiger partial charge on any atom is -0.462 e. The van der Waals surface area contributed by atoms with Crippen LogP contribution in [0.1, 0.15) is 63.3 Å². The molecule has 9 heteroatoms. The molecule has 0 spiro atoms. The van der Waals surface area contributed by atoms with E-state index in [0.717, 1.165) is 76.5 Å². The molecule has 3 fully saturated rings. The van der Waals surface area contributed by atoms with Crippen LogP contribution in [-0.4, -0.2) is 94.3 Å². The number of likely N-dealkylation sites (N-methyl/N-ethyl adjacent to an activating group) is 1. The van der Waals surface area contributed by atoms with Crippen molar-refractivity contribution in [3.63, 3.8) is 0 Å². The number of fused-ring (bicyclic) bond motifs is 3. The second-order valence-corrected chi connectivity index (χ2v) is 13.0. The Labute approximate surface area is 238 Å². The van der Waals surface area contributed by atoms with Gasteiger partial charge in [0.2, 0.25) is 0 Å². The van der Waals surface area contributed by atoms with E-state index in [-0.39, 0.29) is 18.2 Å². The van der Waals surface area contributed by atoms with Gasteiger partial charge in [0.05, 0.1) is 17.8 Å². The summed E-state index contributed by atoms with van der Waals surface area (Å²) < 4.78 is 12.1. The summed E-state index contributed by atoms with van der Waals surface area (Å²) in [6.07, 6.45) is 5.07. The molecule has 3 atom stereocenters. The number of amides is 1. The van der Waals surface area contributed by atoms with Gasteiger partial charge < -0.3 is 19.3 Å². The van der Waals surface area contributed by atoms with E-state index in [2.05, 4.69) is 52.1 Å². The van der Waals surface area contributed by atoms with Crippen LogP contribution in [0.15, 0.2) is 30.3 Å². The lowest BCUT2D eigenvalue weighted by Gasteiger charge is -2.42. The second-order valence-electron chi connectivity index (χ2n) is 13.0. The Balaban J connectivity index is 1.24. The van der Waals surface area contributed by atoms with Gasteiger partial charge in [-0.15, -0.1) is 0 Å². The van der Waals surface area contributed by atoms with Gasteiger partial charge in [-0.2, -0.15) is 9.97 Å². The number of carbonyl (C=O) groups is 1. The van der Waals surface area contributed by atoms with Crippen molar-refractivity contribution in [3.8, 4) is 6.01 Å². The lowest BCUT2D eigenvalue weighted by Crippen LogP contribution is -2.57. The molecule has 2 aromatic rings. The van der Waals surface area contributed by atoms with E-state index >= 15 is 0 Å². The number of carbonyl (C=O) groups excluding carboxylic acids is 1. The number of aromatic nitrogens is 2. The number of hydrogen-bond acceptors (Lipinski definition) is 8. The van der Waals surface area contributed by atoms with Gasteiger partial charge in [0.15, 0.2) is 0 Å². The molecule has 0 N–H and O–H groups in total. The Bertz CT molecular complexity index is 1190. The van der Waals surface area contributed by atoms with Gasteiger partial charge in [-0.25, -0.2) is 4.79 Å². The first-order valence-electron chi connectivity index (χ1n) is 15.0. The first-order chi connectivity index (χ1) is 19.2. The third-order valence-corrected chi connectivity index (χ3v) is 8.81. The van der Waals surface area contributed by atoms with Gasteiger partial charge in [-0.3, -0.25) is 9.80 Å². The second kappa shape index (κ2) is 11.2.